The zero-order valence-electron chi connectivity index (χ0n) is 26.5. The van der Waals surface area contributed by atoms with Gasteiger partial charge in [0.2, 0.25) is 0 Å². The molecule has 4 heterocycles. The lowest BCUT2D eigenvalue weighted by molar-refractivity contribution is 0.0691. The number of carboxylic acid groups (broad SMARTS) is 1. The summed E-state index contributed by atoms with van der Waals surface area (Å²) >= 11 is 0. The molecule has 1 amide bonds. The first kappa shape index (κ1) is 29.9. The van der Waals surface area contributed by atoms with E-state index < -0.39 is 5.97 Å². The lowest BCUT2D eigenvalue weighted by atomic mass is 9.94. The minimum atomic E-state index is -1.12. The van der Waals surface area contributed by atoms with E-state index in [1.165, 1.54) is 0 Å². The Morgan fingerprint density at radius 1 is 0.837 bits per heavy atom. The van der Waals surface area contributed by atoms with Crippen LogP contribution in [0.25, 0.3) is 33.3 Å². The van der Waals surface area contributed by atoms with Crippen LogP contribution in [0.3, 0.4) is 0 Å². The number of pyridine rings is 1. The van der Waals surface area contributed by atoms with Crippen LogP contribution in [0, 0.1) is 0 Å². The summed E-state index contributed by atoms with van der Waals surface area (Å²) < 4.78 is 1.91. The molecule has 0 fully saturated rings. The Hall–Kier alpha value is -6.48. The molecule has 1 aliphatic heterocycles. The molecule has 3 aromatic heterocycles. The van der Waals surface area contributed by atoms with Gasteiger partial charge in [0.25, 0.3) is 5.91 Å². The standard InChI is InChI=1S/C40H32N6O3/c47-39(43-35-22-29-14-7-8-17-34(29)42-35)31-16-9-15-27-20-21-45(25-33(27)31)36-19-18-30(37(44-36)40(48)49)32-23-41-46(24-26-10-3-1-4-11-26)38(32)28-12-5-2-6-13-28/h1-19,22-23,42H,20-21,24-25H2,(H,43,47)(H,48,49). The molecule has 240 valence electrons. The number of para-hydroxylation sites is 1. The minimum absolute atomic E-state index is 0.0513. The van der Waals surface area contributed by atoms with E-state index in [9.17, 15) is 14.7 Å². The molecule has 9 nitrogen and oxygen atoms in total. The maximum Gasteiger partial charge on any atom is 0.355 e. The van der Waals surface area contributed by atoms with Gasteiger partial charge in [-0.15, -0.1) is 0 Å². The molecule has 0 saturated carbocycles. The van der Waals surface area contributed by atoms with Crippen molar-refractivity contribution in [1.29, 1.82) is 0 Å². The fourth-order valence-corrected chi connectivity index (χ4v) is 6.68. The summed E-state index contributed by atoms with van der Waals surface area (Å²) in [6, 6.07) is 39.2. The number of amides is 1. The Bertz CT molecular complexity index is 2290. The topological polar surface area (TPSA) is 116 Å². The van der Waals surface area contributed by atoms with Crippen LogP contribution in [0.1, 0.15) is 37.5 Å². The Kier molecular flexibility index (Phi) is 7.69. The van der Waals surface area contributed by atoms with Gasteiger partial charge in [-0.25, -0.2) is 9.78 Å². The van der Waals surface area contributed by atoms with Crippen molar-refractivity contribution in [1.82, 2.24) is 19.7 Å². The predicted octanol–water partition coefficient (Wildman–Crippen LogP) is 7.65. The Balaban J connectivity index is 1.12. The third-order valence-electron chi connectivity index (χ3n) is 9.05. The van der Waals surface area contributed by atoms with E-state index in [0.717, 1.165) is 38.9 Å². The molecule has 0 bridgehead atoms. The van der Waals surface area contributed by atoms with E-state index >= 15 is 0 Å². The van der Waals surface area contributed by atoms with Crippen molar-refractivity contribution in [2.75, 3.05) is 16.8 Å². The predicted molar refractivity (Wildman–Crippen MR) is 191 cm³/mol. The first-order valence-corrected chi connectivity index (χ1v) is 16.2. The second-order valence-corrected chi connectivity index (χ2v) is 12.1. The van der Waals surface area contributed by atoms with E-state index in [4.69, 9.17) is 10.1 Å². The molecule has 7 aromatic rings. The molecule has 0 saturated heterocycles. The Morgan fingerprint density at radius 3 is 2.41 bits per heavy atom. The minimum Gasteiger partial charge on any atom is -0.476 e. The highest BCUT2D eigenvalue weighted by Gasteiger charge is 2.26. The van der Waals surface area contributed by atoms with E-state index in [2.05, 4.69) is 10.3 Å². The van der Waals surface area contributed by atoms with Gasteiger partial charge in [-0.1, -0.05) is 91.0 Å². The smallest absolute Gasteiger partial charge is 0.355 e. The second-order valence-electron chi connectivity index (χ2n) is 12.1. The summed E-state index contributed by atoms with van der Waals surface area (Å²) in [5.74, 6) is -0.166. The molecule has 0 radical (unpaired) electrons. The van der Waals surface area contributed by atoms with Gasteiger partial charge in [0.1, 0.15) is 11.6 Å². The van der Waals surface area contributed by atoms with Crippen LogP contribution in [0.15, 0.2) is 128 Å². The quantitative estimate of drug-likeness (QED) is 0.157. The number of carbonyl (C=O) groups is 2. The molecule has 3 N–H and O–H groups in total. The maximum atomic E-state index is 13.6. The number of hydrogen-bond donors (Lipinski definition) is 3. The lowest BCUT2D eigenvalue weighted by Gasteiger charge is -2.31. The van der Waals surface area contributed by atoms with Crippen LogP contribution in [0.4, 0.5) is 11.6 Å². The number of aromatic carboxylic acids is 1. The molecule has 9 heteroatoms. The zero-order valence-corrected chi connectivity index (χ0v) is 26.5. The van der Waals surface area contributed by atoms with Crippen LogP contribution in [0.5, 0.6) is 0 Å². The number of hydrogen-bond acceptors (Lipinski definition) is 5. The Labute approximate surface area is 282 Å². The largest absolute Gasteiger partial charge is 0.476 e. The van der Waals surface area contributed by atoms with E-state index in [1.807, 2.05) is 131 Å². The number of carbonyl (C=O) groups excluding carboxylic acids is 1. The van der Waals surface area contributed by atoms with E-state index in [0.29, 0.717) is 54.4 Å². The number of fused-ring (bicyclic) bond motifs is 2. The highest BCUT2D eigenvalue weighted by Crippen LogP contribution is 2.36. The average molecular weight is 645 g/mol. The number of H-pyrrole nitrogens is 1. The highest BCUT2D eigenvalue weighted by molar-refractivity contribution is 6.06. The van der Waals surface area contributed by atoms with Crippen LogP contribution in [-0.2, 0) is 19.5 Å². The molecular weight excluding hydrogens is 612 g/mol. The molecule has 0 spiro atoms. The SMILES string of the molecule is O=C(Nc1cc2ccccc2[nH]1)c1cccc2c1CN(c1ccc(-c3cnn(Cc4ccccc4)c3-c3ccccc3)c(C(=O)O)n1)CC2. The summed E-state index contributed by atoms with van der Waals surface area (Å²) in [4.78, 5) is 36.4. The highest BCUT2D eigenvalue weighted by atomic mass is 16.4. The molecule has 0 aliphatic carbocycles. The zero-order chi connectivity index (χ0) is 33.3. The number of rotatable bonds is 8. The number of aromatic nitrogens is 4. The second kappa shape index (κ2) is 12.6. The molecule has 8 rings (SSSR count). The normalized spacial score (nSPS) is 12.5. The first-order valence-electron chi connectivity index (χ1n) is 16.2. The summed E-state index contributed by atoms with van der Waals surface area (Å²) in [6.45, 7) is 1.58. The number of nitrogens with zero attached hydrogens (tertiary/aromatic N) is 4. The van der Waals surface area contributed by atoms with E-state index in [-0.39, 0.29) is 11.6 Å². The molecule has 4 aromatic carbocycles. The van der Waals surface area contributed by atoms with Gasteiger partial charge in [0.05, 0.1) is 18.4 Å². The summed E-state index contributed by atoms with van der Waals surface area (Å²) in [5, 5.41) is 19.2. The van der Waals surface area contributed by atoms with Crippen molar-refractivity contribution in [3.63, 3.8) is 0 Å². The van der Waals surface area contributed by atoms with Gasteiger partial charge in [-0.05, 0) is 53.4 Å². The molecular formula is C40H32N6O3. The number of anilines is 2. The van der Waals surface area contributed by atoms with Crippen molar-refractivity contribution in [3.05, 3.63) is 155 Å². The van der Waals surface area contributed by atoms with Crippen LogP contribution >= 0.6 is 0 Å². The van der Waals surface area contributed by atoms with Gasteiger partial charge in [0, 0.05) is 46.2 Å². The van der Waals surface area contributed by atoms with Crippen LogP contribution in [0.2, 0.25) is 0 Å². The number of carboxylic acids is 1. The van der Waals surface area contributed by atoms with Gasteiger partial charge >= 0.3 is 5.97 Å². The first-order chi connectivity index (χ1) is 24.0. The van der Waals surface area contributed by atoms with Crippen molar-refractivity contribution in [2.45, 2.75) is 19.5 Å². The van der Waals surface area contributed by atoms with Crippen molar-refractivity contribution in [2.24, 2.45) is 0 Å². The van der Waals surface area contributed by atoms with Gasteiger partial charge in [0.15, 0.2) is 5.69 Å². The van der Waals surface area contributed by atoms with Gasteiger partial charge < -0.3 is 20.3 Å². The number of aromatic amines is 1. The number of benzene rings is 4. The molecule has 1 aliphatic rings. The maximum absolute atomic E-state index is 13.6. The van der Waals surface area contributed by atoms with E-state index in [1.54, 1.807) is 6.20 Å². The molecule has 49 heavy (non-hydrogen) atoms. The monoisotopic (exact) mass is 644 g/mol. The van der Waals surface area contributed by atoms with Gasteiger partial charge in [-0.3, -0.25) is 9.48 Å². The fraction of sp³-hybridized carbons (Fsp3) is 0.100. The molecule has 0 unspecified atom stereocenters. The fourth-order valence-electron chi connectivity index (χ4n) is 6.68. The number of nitrogens with one attached hydrogen (secondary N) is 2. The third kappa shape index (κ3) is 5.82. The molecule has 0 atom stereocenters. The summed E-state index contributed by atoms with van der Waals surface area (Å²) in [5.41, 5.74) is 7.48. The van der Waals surface area contributed by atoms with Crippen LogP contribution in [-0.4, -0.2) is 43.3 Å². The summed E-state index contributed by atoms with van der Waals surface area (Å²) in [7, 11) is 0. The van der Waals surface area contributed by atoms with Crippen molar-refractivity contribution in [3.8, 4) is 22.4 Å². The van der Waals surface area contributed by atoms with Gasteiger partial charge in [-0.2, -0.15) is 5.10 Å². The lowest BCUT2D eigenvalue weighted by Crippen LogP contribution is -2.33. The van der Waals surface area contributed by atoms with Crippen molar-refractivity contribution < 1.29 is 14.7 Å². The van der Waals surface area contributed by atoms with Crippen LogP contribution < -0.4 is 10.2 Å². The van der Waals surface area contributed by atoms with Crippen molar-refractivity contribution >= 4 is 34.4 Å². The average Bonchev–Trinajstić information content (AvgIpc) is 3.75. The third-order valence-corrected chi connectivity index (χ3v) is 9.05. The summed E-state index contributed by atoms with van der Waals surface area (Å²) in [6.07, 6.45) is 2.42. The Morgan fingerprint density at radius 2 is 1.61 bits per heavy atom.